The molecule has 6 nitrogen and oxygen atoms in total. The van der Waals surface area contributed by atoms with Gasteiger partial charge in [-0.3, -0.25) is 10.1 Å². The van der Waals surface area contributed by atoms with E-state index < -0.39 is 45.8 Å². The normalized spacial score (nSPS) is 13.9. The van der Waals surface area contributed by atoms with E-state index in [1.807, 2.05) is 0 Å². The van der Waals surface area contributed by atoms with Gasteiger partial charge in [0.15, 0.2) is 5.75 Å². The van der Waals surface area contributed by atoms with Crippen LogP contribution in [0, 0.1) is 10.1 Å². The van der Waals surface area contributed by atoms with E-state index in [1.165, 1.54) is 0 Å². The Balaban J connectivity index is 3.44. The Labute approximate surface area is 114 Å². The van der Waals surface area contributed by atoms with Crippen LogP contribution in [-0.4, -0.2) is 29.2 Å². The average Bonchev–Trinajstić information content (AvgIpc) is 2.36. The van der Waals surface area contributed by atoms with Gasteiger partial charge in [0.25, 0.3) is 0 Å². The van der Waals surface area contributed by atoms with Gasteiger partial charge >= 0.3 is 17.8 Å². The van der Waals surface area contributed by atoms with Gasteiger partial charge in [0.2, 0.25) is 5.75 Å². The van der Waals surface area contributed by atoms with Gasteiger partial charge in [0, 0.05) is 6.07 Å². The zero-order chi connectivity index (χ0) is 16.6. The molecule has 118 valence electrons. The van der Waals surface area contributed by atoms with E-state index in [4.69, 9.17) is 5.73 Å². The average molecular weight is 316 g/mol. The minimum Gasteiger partial charge on any atom is -0.500 e. The van der Waals surface area contributed by atoms with E-state index in [9.17, 15) is 37.2 Å². The van der Waals surface area contributed by atoms with Crippen LogP contribution >= 0.6 is 0 Å². The van der Waals surface area contributed by atoms with E-state index >= 15 is 0 Å². The number of halogens is 5. The maximum absolute atomic E-state index is 13.2. The lowest BCUT2D eigenvalue weighted by molar-refractivity contribution is -0.386. The highest BCUT2D eigenvalue weighted by molar-refractivity contribution is 5.57. The van der Waals surface area contributed by atoms with Crippen LogP contribution in [0.15, 0.2) is 12.1 Å². The number of hydrogen-bond acceptors (Lipinski definition) is 5. The van der Waals surface area contributed by atoms with Gasteiger partial charge in [0.1, 0.15) is 6.04 Å². The van der Waals surface area contributed by atoms with Crippen molar-refractivity contribution in [3.05, 3.63) is 27.8 Å². The monoisotopic (exact) mass is 316 g/mol. The first-order chi connectivity index (χ1) is 9.43. The smallest absolute Gasteiger partial charge is 0.455 e. The van der Waals surface area contributed by atoms with Crippen molar-refractivity contribution in [3.63, 3.8) is 0 Å². The predicted molar refractivity (Wildman–Crippen MR) is 59.2 cm³/mol. The van der Waals surface area contributed by atoms with Crippen LogP contribution in [0.1, 0.15) is 11.6 Å². The van der Waals surface area contributed by atoms with Gasteiger partial charge in [-0.2, -0.15) is 22.0 Å². The van der Waals surface area contributed by atoms with E-state index in [1.54, 1.807) is 0 Å². The lowest BCUT2D eigenvalue weighted by Gasteiger charge is -2.26. The standard InChI is InChI=1S/C10H9F5N2O4/c1-21-6-3-4(2-5(7(6)18)17(19)20)8(16)9(11,12)10(13,14)15/h2-3,8,18H,16H2,1H3/t8-/m0/s1. The number of hydrogen-bond donors (Lipinski definition) is 2. The molecule has 0 aliphatic rings. The van der Waals surface area contributed by atoms with E-state index in [0.29, 0.717) is 12.1 Å². The summed E-state index contributed by atoms with van der Waals surface area (Å²) < 4.78 is 67.5. The molecule has 0 fully saturated rings. The molecule has 0 aromatic heterocycles. The third kappa shape index (κ3) is 2.96. The molecule has 0 bridgehead atoms. The summed E-state index contributed by atoms with van der Waals surface area (Å²) in [5.41, 5.74) is 2.87. The Kier molecular flexibility index (Phi) is 4.27. The molecule has 0 radical (unpaired) electrons. The number of phenolic OH excluding ortho intramolecular Hbond substituents is 1. The fraction of sp³-hybridized carbons (Fsp3) is 0.400. The molecule has 1 atom stereocenters. The topological polar surface area (TPSA) is 98.6 Å². The number of phenols is 1. The van der Waals surface area contributed by atoms with Crippen molar-refractivity contribution in [2.45, 2.75) is 18.1 Å². The first-order valence-electron chi connectivity index (χ1n) is 5.19. The van der Waals surface area contributed by atoms with Crippen molar-refractivity contribution in [2.75, 3.05) is 7.11 Å². The molecular weight excluding hydrogens is 307 g/mol. The molecule has 0 aliphatic carbocycles. The summed E-state index contributed by atoms with van der Waals surface area (Å²) in [7, 11) is 0.940. The first kappa shape index (κ1) is 16.9. The van der Waals surface area contributed by atoms with Crippen LogP contribution in [0.25, 0.3) is 0 Å². The van der Waals surface area contributed by atoms with E-state index in [2.05, 4.69) is 4.74 Å². The second-order valence-corrected chi connectivity index (χ2v) is 3.95. The number of rotatable bonds is 4. The van der Waals surface area contributed by atoms with Crippen LogP contribution in [-0.2, 0) is 0 Å². The number of nitrogens with two attached hydrogens (primary N) is 1. The van der Waals surface area contributed by atoms with Crippen molar-refractivity contribution >= 4 is 5.69 Å². The van der Waals surface area contributed by atoms with Crippen molar-refractivity contribution < 1.29 is 36.7 Å². The lowest BCUT2D eigenvalue weighted by atomic mass is 9.99. The number of ether oxygens (including phenoxy) is 1. The largest absolute Gasteiger partial charge is 0.500 e. The van der Waals surface area contributed by atoms with Crippen molar-refractivity contribution in [1.29, 1.82) is 0 Å². The Hall–Kier alpha value is -2.17. The molecule has 1 aromatic carbocycles. The van der Waals surface area contributed by atoms with Gasteiger partial charge in [-0.05, 0) is 11.6 Å². The number of nitro benzene ring substituents is 1. The SMILES string of the molecule is COc1cc([C@H](N)C(F)(F)C(F)(F)F)cc([N+](=O)[O-])c1O. The van der Waals surface area contributed by atoms with Crippen LogP contribution in [0.2, 0.25) is 0 Å². The Morgan fingerprint density at radius 1 is 1.33 bits per heavy atom. The highest BCUT2D eigenvalue weighted by Crippen LogP contribution is 2.46. The number of benzene rings is 1. The molecule has 0 saturated heterocycles. The zero-order valence-corrected chi connectivity index (χ0v) is 10.3. The summed E-state index contributed by atoms with van der Waals surface area (Å²) in [6, 6.07) is -1.99. The van der Waals surface area contributed by atoms with Crippen LogP contribution in [0.4, 0.5) is 27.6 Å². The molecule has 3 N–H and O–H groups in total. The summed E-state index contributed by atoms with van der Waals surface area (Å²) in [6.07, 6.45) is -5.94. The Bertz CT molecular complexity index is 561. The minimum atomic E-state index is -5.94. The number of nitrogens with zero attached hydrogens (tertiary/aromatic N) is 1. The summed E-state index contributed by atoms with van der Waals surface area (Å²) in [5.74, 6) is -6.97. The third-order valence-electron chi connectivity index (χ3n) is 2.62. The van der Waals surface area contributed by atoms with Crippen molar-refractivity contribution in [2.24, 2.45) is 5.73 Å². The van der Waals surface area contributed by atoms with E-state index in [-0.39, 0.29) is 0 Å². The molecule has 0 saturated carbocycles. The minimum absolute atomic E-state index is 0.335. The molecule has 0 amide bonds. The molecular formula is C10H9F5N2O4. The second kappa shape index (κ2) is 5.31. The molecule has 1 aromatic rings. The summed E-state index contributed by atoms with van der Waals surface area (Å²) >= 11 is 0. The molecule has 0 heterocycles. The number of nitro groups is 1. The van der Waals surface area contributed by atoms with Crippen LogP contribution < -0.4 is 10.5 Å². The highest BCUT2D eigenvalue weighted by atomic mass is 19.4. The van der Waals surface area contributed by atoms with Gasteiger partial charge in [-0.25, -0.2) is 0 Å². The third-order valence-corrected chi connectivity index (χ3v) is 2.62. The van der Waals surface area contributed by atoms with Crippen LogP contribution in [0.5, 0.6) is 11.5 Å². The fourth-order valence-electron chi connectivity index (χ4n) is 1.47. The van der Waals surface area contributed by atoms with Crippen LogP contribution in [0.3, 0.4) is 0 Å². The molecule has 0 spiro atoms. The molecule has 0 unspecified atom stereocenters. The summed E-state index contributed by atoms with van der Waals surface area (Å²) in [5, 5.41) is 20.1. The second-order valence-electron chi connectivity index (χ2n) is 3.95. The van der Waals surface area contributed by atoms with Gasteiger partial charge in [-0.1, -0.05) is 0 Å². The maximum atomic E-state index is 13.2. The summed E-state index contributed by atoms with van der Waals surface area (Å²) in [4.78, 5) is 9.48. The Morgan fingerprint density at radius 2 is 1.86 bits per heavy atom. The number of alkyl halides is 5. The predicted octanol–water partition coefficient (Wildman–Crippen LogP) is 2.51. The quantitative estimate of drug-likeness (QED) is 0.505. The number of methoxy groups -OCH3 is 1. The molecule has 1 rings (SSSR count). The first-order valence-corrected chi connectivity index (χ1v) is 5.19. The van der Waals surface area contributed by atoms with E-state index in [0.717, 1.165) is 7.11 Å². The highest BCUT2D eigenvalue weighted by Gasteiger charge is 2.62. The lowest BCUT2D eigenvalue weighted by Crippen LogP contribution is -2.45. The van der Waals surface area contributed by atoms with Crippen molar-refractivity contribution in [3.8, 4) is 11.5 Å². The summed E-state index contributed by atoms with van der Waals surface area (Å²) in [6.45, 7) is 0. The van der Waals surface area contributed by atoms with Crippen molar-refractivity contribution in [1.82, 2.24) is 0 Å². The van der Waals surface area contributed by atoms with Gasteiger partial charge < -0.3 is 15.6 Å². The molecule has 0 aliphatic heterocycles. The van der Waals surface area contributed by atoms with Gasteiger partial charge in [0.05, 0.1) is 12.0 Å². The maximum Gasteiger partial charge on any atom is 0.455 e. The number of aromatic hydroxyl groups is 1. The Morgan fingerprint density at radius 3 is 2.24 bits per heavy atom. The molecule has 21 heavy (non-hydrogen) atoms. The fourth-order valence-corrected chi connectivity index (χ4v) is 1.47. The molecule has 11 heteroatoms. The zero-order valence-electron chi connectivity index (χ0n) is 10.3. The van der Waals surface area contributed by atoms with Gasteiger partial charge in [-0.15, -0.1) is 0 Å².